The summed E-state index contributed by atoms with van der Waals surface area (Å²) in [5.74, 6) is -0.594. The molecule has 1 saturated carbocycles. The van der Waals surface area contributed by atoms with Crippen LogP contribution in [-0.4, -0.2) is 27.2 Å². The maximum Gasteiger partial charge on any atom is 0.436 e. The number of nitrogens with one attached hydrogen (secondary N) is 1. The highest BCUT2D eigenvalue weighted by Crippen LogP contribution is 2.47. The van der Waals surface area contributed by atoms with Crippen molar-refractivity contribution < 1.29 is 27.6 Å². The zero-order valence-corrected chi connectivity index (χ0v) is 17.6. The summed E-state index contributed by atoms with van der Waals surface area (Å²) in [6, 6.07) is 2.82. The van der Waals surface area contributed by atoms with Crippen LogP contribution < -0.4 is 10.1 Å². The molecule has 1 atom stereocenters. The van der Waals surface area contributed by atoms with Crippen molar-refractivity contribution >= 4 is 33.2 Å². The van der Waals surface area contributed by atoms with E-state index in [9.17, 15) is 28.1 Å². The molecule has 1 amide bonds. The van der Waals surface area contributed by atoms with Gasteiger partial charge < -0.3 is 10.1 Å². The number of nitro benzene ring substituents is 1. The van der Waals surface area contributed by atoms with Crippen molar-refractivity contribution in [1.29, 1.82) is 0 Å². The summed E-state index contributed by atoms with van der Waals surface area (Å²) in [5, 5.41) is 17.4. The Labute approximate surface area is 177 Å². The van der Waals surface area contributed by atoms with E-state index < -0.39 is 28.7 Å². The molecule has 2 aromatic rings. The number of benzene rings is 1. The molecule has 1 aromatic heterocycles. The molecule has 8 nitrogen and oxygen atoms in total. The van der Waals surface area contributed by atoms with Crippen LogP contribution in [0.15, 0.2) is 22.7 Å². The number of nitro groups is 1. The number of ether oxygens (including phenoxy) is 1. The van der Waals surface area contributed by atoms with Crippen molar-refractivity contribution in [2.24, 2.45) is 0 Å². The van der Waals surface area contributed by atoms with Gasteiger partial charge in [0.05, 0.1) is 27.8 Å². The van der Waals surface area contributed by atoms with Crippen LogP contribution in [0.5, 0.6) is 5.75 Å². The second-order valence-electron chi connectivity index (χ2n) is 6.80. The molecule has 0 radical (unpaired) electrons. The van der Waals surface area contributed by atoms with Crippen molar-refractivity contribution in [2.75, 3.05) is 11.9 Å². The van der Waals surface area contributed by atoms with Crippen LogP contribution in [0, 0.1) is 10.1 Å². The number of hydrogen-bond acceptors (Lipinski definition) is 5. The molecule has 3 rings (SSSR count). The summed E-state index contributed by atoms with van der Waals surface area (Å²) >= 11 is 2.98. The number of carbonyl (C=O) groups is 1. The molecular formula is C18H18BrF3N4O4. The third kappa shape index (κ3) is 4.42. The molecule has 162 valence electrons. The van der Waals surface area contributed by atoms with Gasteiger partial charge in [-0.1, -0.05) is 0 Å². The van der Waals surface area contributed by atoms with Crippen LogP contribution in [0.2, 0.25) is 0 Å². The fourth-order valence-electron chi connectivity index (χ4n) is 3.00. The van der Waals surface area contributed by atoms with Gasteiger partial charge in [-0.2, -0.15) is 18.3 Å². The number of halogens is 4. The molecule has 1 unspecified atom stereocenters. The number of alkyl halides is 3. The number of amides is 1. The quantitative estimate of drug-likeness (QED) is 0.432. The van der Waals surface area contributed by atoms with Crippen molar-refractivity contribution in [3.8, 4) is 5.75 Å². The van der Waals surface area contributed by atoms with Crippen LogP contribution in [0.4, 0.5) is 24.5 Å². The molecule has 0 saturated heterocycles. The topological polar surface area (TPSA) is 99.3 Å². The van der Waals surface area contributed by atoms with Gasteiger partial charge in [-0.3, -0.25) is 19.6 Å². The summed E-state index contributed by atoms with van der Waals surface area (Å²) in [6.45, 7) is 3.42. The summed E-state index contributed by atoms with van der Waals surface area (Å²) in [4.78, 5) is 23.4. The number of anilines is 1. The van der Waals surface area contributed by atoms with E-state index in [0.717, 1.165) is 4.68 Å². The van der Waals surface area contributed by atoms with Gasteiger partial charge in [-0.05, 0) is 54.8 Å². The highest BCUT2D eigenvalue weighted by atomic mass is 79.9. The van der Waals surface area contributed by atoms with Crippen LogP contribution in [0.25, 0.3) is 0 Å². The number of rotatable bonds is 7. The fraction of sp³-hybridized carbons (Fsp3) is 0.444. The number of aromatic nitrogens is 2. The van der Waals surface area contributed by atoms with Crippen molar-refractivity contribution in [1.82, 2.24) is 9.78 Å². The monoisotopic (exact) mass is 490 g/mol. The zero-order chi connectivity index (χ0) is 22.2. The number of hydrogen-bond donors (Lipinski definition) is 1. The van der Waals surface area contributed by atoms with Gasteiger partial charge in [-0.15, -0.1) is 0 Å². The minimum absolute atomic E-state index is 0.0875. The predicted molar refractivity (Wildman–Crippen MR) is 105 cm³/mol. The van der Waals surface area contributed by atoms with Gasteiger partial charge in [-0.25, -0.2) is 0 Å². The molecule has 1 N–H and O–H groups in total. The van der Waals surface area contributed by atoms with E-state index in [2.05, 4.69) is 26.3 Å². The second kappa shape index (κ2) is 8.25. The van der Waals surface area contributed by atoms with Crippen molar-refractivity contribution in [3.63, 3.8) is 0 Å². The van der Waals surface area contributed by atoms with Gasteiger partial charge >= 0.3 is 6.18 Å². The Morgan fingerprint density at radius 3 is 2.67 bits per heavy atom. The maximum atomic E-state index is 13.3. The highest BCUT2D eigenvalue weighted by Gasteiger charge is 2.43. The smallest absolute Gasteiger partial charge is 0.436 e. The van der Waals surface area contributed by atoms with E-state index in [4.69, 9.17) is 4.74 Å². The Bertz CT molecular complexity index is 989. The predicted octanol–water partition coefficient (Wildman–Crippen LogP) is 5.05. The van der Waals surface area contributed by atoms with Crippen molar-refractivity contribution in [2.45, 2.75) is 44.8 Å². The maximum absolute atomic E-state index is 13.3. The van der Waals surface area contributed by atoms with Crippen LogP contribution in [0.3, 0.4) is 0 Å². The standard InChI is InChI=1S/C18H18BrF3N4O4/c1-3-30-11-6-7-12(13(8-11)26(28)29)23-17(27)9(2)25-15(10-4-5-10)14(19)16(24-25)18(20,21)22/h6-10H,3-5H2,1-2H3,(H,23,27). The largest absolute Gasteiger partial charge is 0.494 e. The lowest BCUT2D eigenvalue weighted by Gasteiger charge is -2.16. The van der Waals surface area contributed by atoms with Gasteiger partial charge in [0.1, 0.15) is 17.5 Å². The first-order valence-corrected chi connectivity index (χ1v) is 9.91. The van der Waals surface area contributed by atoms with Gasteiger partial charge in [0.25, 0.3) is 5.69 Å². The first kappa shape index (κ1) is 22.1. The Kier molecular flexibility index (Phi) is 6.06. The van der Waals surface area contributed by atoms with E-state index in [1.807, 2.05) is 0 Å². The van der Waals surface area contributed by atoms with Gasteiger partial charge in [0.15, 0.2) is 5.69 Å². The average molecular weight is 491 g/mol. The summed E-state index contributed by atoms with van der Waals surface area (Å²) in [6.07, 6.45) is -3.29. The molecule has 1 aliphatic carbocycles. The molecule has 1 heterocycles. The minimum Gasteiger partial charge on any atom is -0.494 e. The van der Waals surface area contributed by atoms with E-state index >= 15 is 0 Å². The van der Waals surface area contributed by atoms with Crippen LogP contribution in [0.1, 0.15) is 50.0 Å². The highest BCUT2D eigenvalue weighted by molar-refractivity contribution is 9.10. The first-order valence-electron chi connectivity index (χ1n) is 9.11. The van der Waals surface area contributed by atoms with Crippen LogP contribution in [-0.2, 0) is 11.0 Å². The molecule has 0 spiro atoms. The lowest BCUT2D eigenvalue weighted by atomic mass is 10.2. The molecule has 0 bridgehead atoms. The molecule has 12 heteroatoms. The first-order chi connectivity index (χ1) is 14.0. The molecule has 1 fully saturated rings. The Morgan fingerprint density at radius 1 is 1.47 bits per heavy atom. The Hall–Kier alpha value is -2.63. The SMILES string of the molecule is CCOc1ccc(NC(=O)C(C)n2nc(C(F)(F)F)c(Br)c2C2CC2)c([N+](=O)[O-])c1. The third-order valence-corrected chi connectivity index (χ3v) is 5.38. The lowest BCUT2D eigenvalue weighted by molar-refractivity contribution is -0.384. The molecule has 1 aromatic carbocycles. The third-order valence-electron chi connectivity index (χ3n) is 4.60. The number of carbonyl (C=O) groups excluding carboxylic acids is 1. The van der Waals surface area contributed by atoms with E-state index in [-0.39, 0.29) is 27.5 Å². The molecule has 1 aliphatic rings. The second-order valence-corrected chi connectivity index (χ2v) is 7.59. The number of nitrogens with zero attached hydrogens (tertiary/aromatic N) is 3. The van der Waals surface area contributed by atoms with E-state index in [1.54, 1.807) is 6.92 Å². The minimum atomic E-state index is -4.68. The van der Waals surface area contributed by atoms with E-state index in [0.29, 0.717) is 25.1 Å². The Balaban J connectivity index is 1.91. The van der Waals surface area contributed by atoms with Crippen LogP contribution >= 0.6 is 15.9 Å². The zero-order valence-electron chi connectivity index (χ0n) is 16.0. The molecule has 0 aliphatic heterocycles. The summed E-state index contributed by atoms with van der Waals surface area (Å²) in [5.41, 5.74) is -1.28. The van der Waals surface area contributed by atoms with Crippen molar-refractivity contribution in [3.05, 3.63) is 44.2 Å². The molecular weight excluding hydrogens is 473 g/mol. The normalized spacial score (nSPS) is 15.0. The average Bonchev–Trinajstić information content (AvgIpc) is 3.43. The molecule has 30 heavy (non-hydrogen) atoms. The lowest BCUT2D eigenvalue weighted by Crippen LogP contribution is -2.26. The van der Waals surface area contributed by atoms with E-state index in [1.165, 1.54) is 25.1 Å². The Morgan fingerprint density at radius 2 is 2.13 bits per heavy atom. The summed E-state index contributed by atoms with van der Waals surface area (Å²) < 4.78 is 46.0. The fourth-order valence-corrected chi connectivity index (χ4v) is 3.81. The van der Waals surface area contributed by atoms with Gasteiger partial charge in [0, 0.05) is 5.92 Å². The van der Waals surface area contributed by atoms with Gasteiger partial charge in [0.2, 0.25) is 5.91 Å². The summed E-state index contributed by atoms with van der Waals surface area (Å²) in [7, 11) is 0.